The minimum absolute atomic E-state index is 0.333. The van der Waals surface area contributed by atoms with Gasteiger partial charge in [0.1, 0.15) is 0 Å². The van der Waals surface area contributed by atoms with Gasteiger partial charge in [-0.3, -0.25) is 4.98 Å². The Labute approximate surface area is 97.9 Å². The van der Waals surface area contributed by atoms with Gasteiger partial charge in [-0.25, -0.2) is 0 Å². The highest BCUT2D eigenvalue weighted by molar-refractivity contribution is 6.20. The van der Waals surface area contributed by atoms with Crippen molar-refractivity contribution < 1.29 is 0 Å². The number of hydrogen-bond donors (Lipinski definition) is 0. The maximum atomic E-state index is 6.06. The zero-order valence-corrected chi connectivity index (χ0v) is 10.4. The highest BCUT2D eigenvalue weighted by atomic mass is 35.5. The molecular weight excluding hydrogens is 206 g/mol. The van der Waals surface area contributed by atoms with Gasteiger partial charge < -0.3 is 0 Å². The Kier molecular flexibility index (Phi) is 5.70. The Hall–Kier alpha value is -0.560. The predicted molar refractivity (Wildman–Crippen MR) is 66.5 cm³/mol. The van der Waals surface area contributed by atoms with Gasteiger partial charge in [0.25, 0.3) is 0 Å². The van der Waals surface area contributed by atoms with Gasteiger partial charge in [0.15, 0.2) is 0 Å². The second-order valence-electron chi connectivity index (χ2n) is 3.91. The number of hydrogen-bond acceptors (Lipinski definition) is 1. The van der Waals surface area contributed by atoms with E-state index in [0.29, 0.717) is 5.38 Å². The van der Waals surface area contributed by atoms with E-state index in [2.05, 4.69) is 31.0 Å². The highest BCUT2D eigenvalue weighted by Gasteiger charge is 2.01. The van der Waals surface area contributed by atoms with Crippen LogP contribution in [0.3, 0.4) is 0 Å². The van der Waals surface area contributed by atoms with Gasteiger partial charge >= 0.3 is 0 Å². The molecule has 0 amide bonds. The van der Waals surface area contributed by atoms with Crippen LogP contribution >= 0.6 is 11.6 Å². The zero-order valence-electron chi connectivity index (χ0n) is 9.67. The lowest BCUT2D eigenvalue weighted by Gasteiger charge is -2.05. The molecule has 1 aromatic heterocycles. The molecule has 15 heavy (non-hydrogen) atoms. The summed E-state index contributed by atoms with van der Waals surface area (Å²) in [6.07, 6.45) is 7.38. The van der Waals surface area contributed by atoms with Gasteiger partial charge in [0.2, 0.25) is 0 Å². The van der Waals surface area contributed by atoms with E-state index < -0.39 is 0 Å². The van der Waals surface area contributed by atoms with E-state index in [4.69, 9.17) is 11.6 Å². The van der Waals surface area contributed by atoms with E-state index in [9.17, 15) is 0 Å². The summed E-state index contributed by atoms with van der Waals surface area (Å²) in [4.78, 5) is 4.43. The molecule has 0 fully saturated rings. The van der Waals surface area contributed by atoms with Crippen molar-refractivity contribution in [1.29, 1.82) is 0 Å². The summed E-state index contributed by atoms with van der Waals surface area (Å²) in [5.41, 5.74) is 2.50. The van der Waals surface area contributed by atoms with Gasteiger partial charge in [-0.15, -0.1) is 11.6 Å². The molecule has 1 nitrogen and oxygen atoms in total. The average Bonchev–Trinajstić information content (AvgIpc) is 2.29. The summed E-state index contributed by atoms with van der Waals surface area (Å²) in [6.45, 7) is 4.28. The minimum Gasteiger partial charge on any atom is -0.261 e. The molecule has 0 saturated heterocycles. The van der Waals surface area contributed by atoms with Crippen molar-refractivity contribution in [3.63, 3.8) is 0 Å². The van der Waals surface area contributed by atoms with Crippen molar-refractivity contribution in [2.24, 2.45) is 0 Å². The molecular formula is C13H20ClN. The smallest absolute Gasteiger partial charge is 0.0403 e. The summed E-state index contributed by atoms with van der Waals surface area (Å²) >= 11 is 6.06. The lowest BCUT2D eigenvalue weighted by atomic mass is 10.1. The van der Waals surface area contributed by atoms with Gasteiger partial charge in [0, 0.05) is 17.3 Å². The van der Waals surface area contributed by atoms with Crippen molar-refractivity contribution in [2.45, 2.75) is 51.3 Å². The van der Waals surface area contributed by atoms with Gasteiger partial charge in [0.05, 0.1) is 0 Å². The third-order valence-electron chi connectivity index (χ3n) is 2.69. The second-order valence-corrected chi connectivity index (χ2v) is 4.53. The van der Waals surface area contributed by atoms with Crippen LogP contribution in [-0.2, 0) is 12.8 Å². The molecule has 1 heterocycles. The fourth-order valence-corrected chi connectivity index (χ4v) is 1.68. The van der Waals surface area contributed by atoms with Crippen molar-refractivity contribution in [1.82, 2.24) is 4.98 Å². The predicted octanol–water partition coefficient (Wildman–Crippen LogP) is 3.98. The number of pyridine rings is 1. The SMILES string of the molecule is CCc1ccc(CCCC(Cl)CC)nc1. The summed E-state index contributed by atoms with van der Waals surface area (Å²) < 4.78 is 0. The van der Waals surface area contributed by atoms with E-state index in [1.54, 1.807) is 0 Å². The first-order valence-electron chi connectivity index (χ1n) is 5.84. The molecule has 0 aliphatic heterocycles. The van der Waals surface area contributed by atoms with E-state index in [-0.39, 0.29) is 0 Å². The summed E-state index contributed by atoms with van der Waals surface area (Å²) in [5, 5.41) is 0.333. The third kappa shape index (κ3) is 4.65. The van der Waals surface area contributed by atoms with Gasteiger partial charge in [-0.05, 0) is 43.7 Å². The lowest BCUT2D eigenvalue weighted by Crippen LogP contribution is -1.98. The van der Waals surface area contributed by atoms with E-state index in [1.165, 1.54) is 11.3 Å². The molecule has 0 radical (unpaired) electrons. The highest BCUT2D eigenvalue weighted by Crippen LogP contribution is 2.12. The standard InChI is InChI=1S/C13H20ClN/c1-3-11-8-9-13(15-10-11)7-5-6-12(14)4-2/h8-10,12H,3-7H2,1-2H3. The first-order chi connectivity index (χ1) is 7.26. The number of nitrogens with zero attached hydrogens (tertiary/aromatic N) is 1. The van der Waals surface area contributed by atoms with Crippen LogP contribution < -0.4 is 0 Å². The van der Waals surface area contributed by atoms with Gasteiger partial charge in [-0.2, -0.15) is 0 Å². The number of aromatic nitrogens is 1. The van der Waals surface area contributed by atoms with Crippen LogP contribution in [0.2, 0.25) is 0 Å². The number of alkyl halides is 1. The van der Waals surface area contributed by atoms with E-state index in [1.807, 2.05) is 6.20 Å². The van der Waals surface area contributed by atoms with Crippen LogP contribution in [0, 0.1) is 0 Å². The molecule has 84 valence electrons. The molecule has 0 aliphatic carbocycles. The Balaban J connectivity index is 2.31. The van der Waals surface area contributed by atoms with Crippen LogP contribution in [0.1, 0.15) is 44.4 Å². The number of halogens is 1. The topological polar surface area (TPSA) is 12.9 Å². The second kappa shape index (κ2) is 6.84. The fraction of sp³-hybridized carbons (Fsp3) is 0.615. The summed E-state index contributed by atoms with van der Waals surface area (Å²) in [7, 11) is 0. The lowest BCUT2D eigenvalue weighted by molar-refractivity contribution is 0.668. The summed E-state index contributed by atoms with van der Waals surface area (Å²) in [6, 6.07) is 4.30. The molecule has 0 aliphatic rings. The van der Waals surface area contributed by atoms with Gasteiger partial charge in [-0.1, -0.05) is 19.9 Å². The maximum Gasteiger partial charge on any atom is 0.0403 e. The molecule has 1 atom stereocenters. The Morgan fingerprint density at radius 2 is 2.13 bits per heavy atom. The van der Waals surface area contributed by atoms with Crippen molar-refractivity contribution in [3.8, 4) is 0 Å². The molecule has 0 saturated carbocycles. The van der Waals surface area contributed by atoms with Crippen molar-refractivity contribution in [3.05, 3.63) is 29.6 Å². The summed E-state index contributed by atoms with van der Waals surface area (Å²) in [5.74, 6) is 0. The van der Waals surface area contributed by atoms with E-state index in [0.717, 1.165) is 32.1 Å². The molecule has 0 spiro atoms. The maximum absolute atomic E-state index is 6.06. The third-order valence-corrected chi connectivity index (χ3v) is 3.21. The zero-order chi connectivity index (χ0) is 11.1. The number of rotatable bonds is 6. The fourth-order valence-electron chi connectivity index (χ4n) is 1.52. The molecule has 0 bridgehead atoms. The average molecular weight is 226 g/mol. The molecule has 2 heteroatoms. The monoisotopic (exact) mass is 225 g/mol. The molecule has 0 N–H and O–H groups in total. The van der Waals surface area contributed by atoms with Crippen molar-refractivity contribution in [2.75, 3.05) is 0 Å². The normalized spacial score (nSPS) is 12.7. The number of aryl methyl sites for hydroxylation is 2. The Bertz CT molecular complexity index is 268. The van der Waals surface area contributed by atoms with Crippen LogP contribution in [-0.4, -0.2) is 10.4 Å². The van der Waals surface area contributed by atoms with Crippen LogP contribution in [0.25, 0.3) is 0 Å². The molecule has 1 unspecified atom stereocenters. The first kappa shape index (κ1) is 12.5. The molecule has 0 aromatic carbocycles. The van der Waals surface area contributed by atoms with Crippen molar-refractivity contribution >= 4 is 11.6 Å². The van der Waals surface area contributed by atoms with Crippen LogP contribution in [0.15, 0.2) is 18.3 Å². The van der Waals surface area contributed by atoms with Crippen LogP contribution in [0.5, 0.6) is 0 Å². The largest absolute Gasteiger partial charge is 0.261 e. The quantitative estimate of drug-likeness (QED) is 0.668. The van der Waals surface area contributed by atoms with Crippen LogP contribution in [0.4, 0.5) is 0 Å². The molecule has 1 aromatic rings. The van der Waals surface area contributed by atoms with E-state index >= 15 is 0 Å². The molecule has 1 rings (SSSR count). The first-order valence-corrected chi connectivity index (χ1v) is 6.27. The Morgan fingerprint density at radius 1 is 1.33 bits per heavy atom. The minimum atomic E-state index is 0.333. The Morgan fingerprint density at radius 3 is 2.67 bits per heavy atom.